The van der Waals surface area contributed by atoms with Crippen LogP contribution in [0.15, 0.2) is 28.3 Å². The van der Waals surface area contributed by atoms with Crippen LogP contribution in [-0.2, 0) is 10.0 Å². The van der Waals surface area contributed by atoms with Gasteiger partial charge >= 0.3 is 0 Å². The maximum absolute atomic E-state index is 12.7. The molecule has 0 spiro atoms. The number of nitrogens with one attached hydrogen (secondary N) is 1. The number of aromatic nitrogens is 1. The van der Waals surface area contributed by atoms with Crippen molar-refractivity contribution in [1.29, 1.82) is 0 Å². The first-order chi connectivity index (χ1) is 10.1. The molecule has 0 bridgehead atoms. The highest BCUT2D eigenvalue weighted by Crippen LogP contribution is 2.31. The van der Waals surface area contributed by atoms with Gasteiger partial charge in [0.15, 0.2) is 10.8 Å². The Kier molecular flexibility index (Phi) is 2.91. The molecule has 3 aliphatic heterocycles. The lowest BCUT2D eigenvalue weighted by molar-refractivity contribution is 0.163. The summed E-state index contributed by atoms with van der Waals surface area (Å²) in [5.41, 5.74) is 2.35. The van der Waals surface area contributed by atoms with E-state index in [-0.39, 0.29) is 10.9 Å². The summed E-state index contributed by atoms with van der Waals surface area (Å²) in [7, 11) is -3.60. The van der Waals surface area contributed by atoms with Crippen LogP contribution in [0.2, 0.25) is 0 Å². The molecule has 8 heteroatoms. The van der Waals surface area contributed by atoms with E-state index in [2.05, 4.69) is 10.3 Å². The first-order valence-electron chi connectivity index (χ1n) is 6.82. The molecule has 7 nitrogen and oxygen atoms in total. The summed E-state index contributed by atoms with van der Waals surface area (Å²) in [6, 6.07) is 3.08. The highest BCUT2D eigenvalue weighted by molar-refractivity contribution is 7.89. The molecule has 4 rings (SSSR count). The third-order valence-corrected chi connectivity index (χ3v) is 5.59. The SMILES string of the molecule is O=S(=O)(c1ccc2c(n1)OCCO2)N1CC2=C(CNC2)C1. The van der Waals surface area contributed by atoms with E-state index in [0.717, 1.165) is 13.1 Å². The topological polar surface area (TPSA) is 80.8 Å². The van der Waals surface area contributed by atoms with E-state index in [1.54, 1.807) is 6.07 Å². The molecule has 0 saturated carbocycles. The van der Waals surface area contributed by atoms with Crippen LogP contribution in [0.3, 0.4) is 0 Å². The average molecular weight is 309 g/mol. The minimum Gasteiger partial charge on any atom is -0.484 e. The highest BCUT2D eigenvalue weighted by atomic mass is 32.2. The van der Waals surface area contributed by atoms with Crippen LogP contribution < -0.4 is 14.8 Å². The van der Waals surface area contributed by atoms with Gasteiger partial charge in [-0.2, -0.15) is 9.29 Å². The summed E-state index contributed by atoms with van der Waals surface area (Å²) in [5.74, 6) is 0.745. The molecular formula is C13H15N3O4S. The molecule has 0 unspecified atom stereocenters. The van der Waals surface area contributed by atoms with Crippen LogP contribution in [0.4, 0.5) is 0 Å². The standard InChI is InChI=1S/C13H15N3O4S/c17-21(18,16-7-9-5-14-6-10(9)8-16)12-2-1-11-13(15-12)20-4-3-19-11/h1-2,14H,3-8H2. The van der Waals surface area contributed by atoms with Crippen LogP contribution in [-0.4, -0.2) is 57.1 Å². The van der Waals surface area contributed by atoms with E-state index in [1.807, 2.05) is 0 Å². The highest BCUT2D eigenvalue weighted by Gasteiger charge is 2.35. The molecule has 0 radical (unpaired) electrons. The van der Waals surface area contributed by atoms with Gasteiger partial charge in [-0.05, 0) is 23.3 Å². The molecule has 0 fully saturated rings. The fourth-order valence-corrected chi connectivity index (χ4v) is 4.15. The molecule has 0 amide bonds. The average Bonchev–Trinajstić information content (AvgIpc) is 3.08. The molecular weight excluding hydrogens is 294 g/mol. The first kappa shape index (κ1) is 13.1. The quantitative estimate of drug-likeness (QED) is 0.759. The van der Waals surface area contributed by atoms with Crippen LogP contribution in [0, 0.1) is 0 Å². The zero-order valence-corrected chi connectivity index (χ0v) is 12.1. The summed E-state index contributed by atoms with van der Waals surface area (Å²) >= 11 is 0. The van der Waals surface area contributed by atoms with Crippen molar-refractivity contribution in [3.05, 3.63) is 23.3 Å². The molecule has 0 saturated heterocycles. The largest absolute Gasteiger partial charge is 0.484 e. The molecule has 1 aromatic heterocycles. The van der Waals surface area contributed by atoms with Crippen molar-refractivity contribution < 1.29 is 17.9 Å². The number of ether oxygens (including phenoxy) is 2. The van der Waals surface area contributed by atoms with Crippen LogP contribution in [0.1, 0.15) is 0 Å². The second-order valence-electron chi connectivity index (χ2n) is 5.23. The second kappa shape index (κ2) is 4.69. The number of nitrogens with zero attached hydrogens (tertiary/aromatic N) is 2. The maximum atomic E-state index is 12.7. The van der Waals surface area contributed by atoms with E-state index < -0.39 is 10.0 Å². The molecule has 3 aliphatic rings. The molecule has 21 heavy (non-hydrogen) atoms. The van der Waals surface area contributed by atoms with Crippen LogP contribution >= 0.6 is 0 Å². The number of rotatable bonds is 2. The number of hydrogen-bond acceptors (Lipinski definition) is 6. The fourth-order valence-electron chi connectivity index (χ4n) is 2.79. The molecule has 0 aliphatic carbocycles. The van der Waals surface area contributed by atoms with Gasteiger partial charge in [0.1, 0.15) is 13.2 Å². The summed E-state index contributed by atoms with van der Waals surface area (Å²) < 4.78 is 37.5. The van der Waals surface area contributed by atoms with Gasteiger partial charge in [-0.3, -0.25) is 0 Å². The summed E-state index contributed by atoms with van der Waals surface area (Å²) in [6.45, 7) is 3.28. The predicted molar refractivity (Wildman–Crippen MR) is 73.9 cm³/mol. The molecule has 1 N–H and O–H groups in total. The number of pyridine rings is 1. The van der Waals surface area contributed by atoms with E-state index in [4.69, 9.17) is 9.47 Å². The minimum atomic E-state index is -3.60. The lowest BCUT2D eigenvalue weighted by Gasteiger charge is -2.20. The van der Waals surface area contributed by atoms with Gasteiger partial charge in [-0.15, -0.1) is 0 Å². The number of hydrogen-bond donors (Lipinski definition) is 1. The predicted octanol–water partition coefficient (Wildman–Crippen LogP) is -0.243. The Morgan fingerprint density at radius 2 is 1.81 bits per heavy atom. The first-order valence-corrected chi connectivity index (χ1v) is 8.26. The smallest absolute Gasteiger partial charge is 0.261 e. The molecule has 0 atom stereocenters. The van der Waals surface area contributed by atoms with Gasteiger partial charge in [0.2, 0.25) is 0 Å². The summed E-state index contributed by atoms with van der Waals surface area (Å²) in [5, 5.41) is 3.24. The fraction of sp³-hybridized carbons (Fsp3) is 0.462. The molecule has 1 aromatic rings. The van der Waals surface area contributed by atoms with Gasteiger partial charge in [0.05, 0.1) is 0 Å². The Morgan fingerprint density at radius 1 is 1.10 bits per heavy atom. The van der Waals surface area contributed by atoms with Crippen molar-refractivity contribution in [2.75, 3.05) is 39.4 Å². The van der Waals surface area contributed by atoms with Gasteiger partial charge < -0.3 is 14.8 Å². The van der Waals surface area contributed by atoms with Crippen molar-refractivity contribution in [3.63, 3.8) is 0 Å². The van der Waals surface area contributed by atoms with E-state index in [0.29, 0.717) is 32.1 Å². The maximum Gasteiger partial charge on any atom is 0.261 e. The van der Waals surface area contributed by atoms with Gasteiger partial charge in [0.25, 0.3) is 15.9 Å². The lowest BCUT2D eigenvalue weighted by Crippen LogP contribution is -2.33. The van der Waals surface area contributed by atoms with Crippen molar-refractivity contribution in [2.45, 2.75) is 5.03 Å². The zero-order chi connectivity index (χ0) is 14.4. The summed E-state index contributed by atoms with van der Waals surface area (Å²) in [4.78, 5) is 4.11. The third kappa shape index (κ3) is 2.10. The Balaban J connectivity index is 1.63. The lowest BCUT2D eigenvalue weighted by atomic mass is 10.2. The van der Waals surface area contributed by atoms with Crippen molar-refractivity contribution in [1.82, 2.24) is 14.6 Å². The van der Waals surface area contributed by atoms with Gasteiger partial charge in [0, 0.05) is 26.2 Å². The monoisotopic (exact) mass is 309 g/mol. The zero-order valence-electron chi connectivity index (χ0n) is 11.3. The van der Waals surface area contributed by atoms with Crippen molar-refractivity contribution in [2.24, 2.45) is 0 Å². The number of fused-ring (bicyclic) bond motifs is 1. The Labute approximate surface area is 122 Å². The van der Waals surface area contributed by atoms with Crippen LogP contribution in [0.25, 0.3) is 0 Å². The third-order valence-electron chi connectivity index (χ3n) is 3.89. The molecule has 112 valence electrons. The van der Waals surface area contributed by atoms with Gasteiger partial charge in [-0.1, -0.05) is 0 Å². The minimum absolute atomic E-state index is 0.0147. The Bertz CT molecular complexity index is 713. The van der Waals surface area contributed by atoms with E-state index in [1.165, 1.54) is 21.5 Å². The van der Waals surface area contributed by atoms with Crippen LogP contribution in [0.5, 0.6) is 11.6 Å². The van der Waals surface area contributed by atoms with Gasteiger partial charge in [-0.25, -0.2) is 8.42 Å². The van der Waals surface area contributed by atoms with Crippen molar-refractivity contribution >= 4 is 10.0 Å². The molecule has 0 aromatic carbocycles. The van der Waals surface area contributed by atoms with E-state index in [9.17, 15) is 8.42 Å². The van der Waals surface area contributed by atoms with E-state index >= 15 is 0 Å². The Hall–Kier alpha value is -1.64. The molecule has 4 heterocycles. The van der Waals surface area contributed by atoms with Crippen molar-refractivity contribution in [3.8, 4) is 11.6 Å². The normalized spacial score (nSPS) is 21.7. The Morgan fingerprint density at radius 3 is 2.57 bits per heavy atom. The number of sulfonamides is 1. The second-order valence-corrected chi connectivity index (χ2v) is 7.12. The summed E-state index contributed by atoms with van der Waals surface area (Å²) in [6.07, 6.45) is 0.